The summed E-state index contributed by atoms with van der Waals surface area (Å²) in [7, 11) is 0. The molecule has 0 spiro atoms. The zero-order valence-electron chi connectivity index (χ0n) is 21.8. The maximum atomic E-state index is 13.1. The first kappa shape index (κ1) is 26.7. The number of ether oxygens (including phenoxy) is 1. The summed E-state index contributed by atoms with van der Waals surface area (Å²) in [5, 5.41) is 25.9. The topological polar surface area (TPSA) is 94.1 Å². The van der Waals surface area contributed by atoms with Crippen LogP contribution >= 0.6 is 0 Å². The van der Waals surface area contributed by atoms with E-state index in [0.717, 1.165) is 49.4 Å². The summed E-state index contributed by atoms with van der Waals surface area (Å²) in [6.07, 6.45) is 0.239. The molecule has 0 atom stereocenters. The Labute approximate surface area is 219 Å². The standard InChI is InChI=1S/C30H37N3O4/c1-20(2)19-33(24-14-16-37-17-15-24)28-13-10-22(25-6-4-5-7-26(25)29(34)35)18-27(28)32-30(36)31-23-11-8-21(3)9-12-23/h4-13,18,20,24,29,34-35H,14-17,19H2,1-3H3,(H2,31,32,36). The van der Waals surface area contributed by atoms with E-state index in [1.54, 1.807) is 12.1 Å². The van der Waals surface area contributed by atoms with Crippen LogP contribution in [0.5, 0.6) is 0 Å². The fourth-order valence-corrected chi connectivity index (χ4v) is 4.80. The number of hydrogen-bond donors (Lipinski definition) is 4. The second kappa shape index (κ2) is 12.2. The van der Waals surface area contributed by atoms with Crippen molar-refractivity contribution in [1.82, 2.24) is 0 Å². The van der Waals surface area contributed by atoms with Crippen LogP contribution in [0.4, 0.5) is 21.9 Å². The SMILES string of the molecule is Cc1ccc(NC(=O)Nc2cc(-c3ccccc3C(O)O)ccc2N(CC(C)C)C2CCOCC2)cc1. The minimum absolute atomic E-state index is 0.300. The van der Waals surface area contributed by atoms with Crippen molar-refractivity contribution in [3.63, 3.8) is 0 Å². The lowest BCUT2D eigenvalue weighted by Gasteiger charge is -2.38. The van der Waals surface area contributed by atoms with E-state index in [1.807, 2.05) is 61.5 Å². The summed E-state index contributed by atoms with van der Waals surface area (Å²) in [4.78, 5) is 15.5. The molecule has 0 bridgehead atoms. The number of nitrogens with one attached hydrogen (secondary N) is 2. The molecule has 0 saturated carbocycles. The van der Waals surface area contributed by atoms with Gasteiger partial charge in [-0.2, -0.15) is 0 Å². The number of rotatable bonds is 8. The van der Waals surface area contributed by atoms with Crippen molar-refractivity contribution < 1.29 is 19.7 Å². The minimum atomic E-state index is -1.60. The van der Waals surface area contributed by atoms with Gasteiger partial charge < -0.3 is 30.5 Å². The van der Waals surface area contributed by atoms with Crippen molar-refractivity contribution in [3.05, 3.63) is 77.9 Å². The highest BCUT2D eigenvalue weighted by Crippen LogP contribution is 2.37. The van der Waals surface area contributed by atoms with Crippen molar-refractivity contribution in [1.29, 1.82) is 0 Å². The molecule has 0 aliphatic carbocycles. The quantitative estimate of drug-likeness (QED) is 0.286. The van der Waals surface area contributed by atoms with Crippen molar-refractivity contribution in [2.24, 2.45) is 5.92 Å². The van der Waals surface area contributed by atoms with Crippen LogP contribution in [0.1, 0.15) is 44.1 Å². The van der Waals surface area contributed by atoms with E-state index in [1.165, 1.54) is 0 Å². The predicted molar refractivity (Wildman–Crippen MR) is 149 cm³/mol. The van der Waals surface area contributed by atoms with Crippen LogP contribution < -0.4 is 15.5 Å². The van der Waals surface area contributed by atoms with E-state index in [-0.39, 0.29) is 6.03 Å². The summed E-state index contributed by atoms with van der Waals surface area (Å²) < 4.78 is 5.62. The van der Waals surface area contributed by atoms with Gasteiger partial charge in [-0.25, -0.2) is 4.79 Å². The molecule has 1 fully saturated rings. The number of carbonyl (C=O) groups is 1. The fourth-order valence-electron chi connectivity index (χ4n) is 4.80. The number of nitrogens with zero attached hydrogens (tertiary/aromatic N) is 1. The third-order valence-electron chi connectivity index (χ3n) is 6.61. The maximum Gasteiger partial charge on any atom is 0.323 e. The summed E-state index contributed by atoms with van der Waals surface area (Å²) in [5.74, 6) is 0.419. The molecule has 1 aliphatic rings. The smallest absolute Gasteiger partial charge is 0.323 e. The van der Waals surface area contributed by atoms with E-state index in [0.29, 0.717) is 34.5 Å². The van der Waals surface area contributed by atoms with Crippen molar-refractivity contribution in [2.45, 2.75) is 45.9 Å². The molecule has 1 aliphatic heterocycles. The zero-order chi connectivity index (χ0) is 26.4. The Morgan fingerprint density at radius 1 is 1.00 bits per heavy atom. The number of carbonyl (C=O) groups excluding carboxylic acids is 1. The summed E-state index contributed by atoms with van der Waals surface area (Å²) >= 11 is 0. The molecule has 2 amide bonds. The third-order valence-corrected chi connectivity index (χ3v) is 6.61. The molecule has 196 valence electrons. The van der Waals surface area contributed by atoms with Gasteiger partial charge in [0.1, 0.15) is 0 Å². The van der Waals surface area contributed by atoms with Gasteiger partial charge in [-0.05, 0) is 61.1 Å². The number of aliphatic hydroxyl groups excluding tert-OH is 1. The minimum Gasteiger partial charge on any atom is -0.381 e. The number of aliphatic hydroxyl groups is 2. The van der Waals surface area contributed by atoms with Gasteiger partial charge in [-0.15, -0.1) is 0 Å². The van der Waals surface area contributed by atoms with Crippen LogP contribution in [-0.4, -0.2) is 42.0 Å². The van der Waals surface area contributed by atoms with E-state index < -0.39 is 6.29 Å². The highest BCUT2D eigenvalue weighted by Gasteiger charge is 2.25. The molecular formula is C30H37N3O4. The van der Waals surface area contributed by atoms with Gasteiger partial charge in [0.15, 0.2) is 6.29 Å². The van der Waals surface area contributed by atoms with Crippen LogP contribution in [0, 0.1) is 12.8 Å². The number of urea groups is 1. The summed E-state index contributed by atoms with van der Waals surface area (Å²) in [6, 6.07) is 20.7. The number of anilines is 3. The molecule has 0 radical (unpaired) electrons. The van der Waals surface area contributed by atoms with Gasteiger partial charge in [0.05, 0.1) is 11.4 Å². The summed E-state index contributed by atoms with van der Waals surface area (Å²) in [5.41, 5.74) is 5.32. The Morgan fingerprint density at radius 2 is 1.70 bits per heavy atom. The second-order valence-corrected chi connectivity index (χ2v) is 10.0. The highest BCUT2D eigenvalue weighted by atomic mass is 16.5. The molecule has 1 saturated heterocycles. The van der Waals surface area contributed by atoms with Crippen LogP contribution in [0.25, 0.3) is 11.1 Å². The first-order valence-corrected chi connectivity index (χ1v) is 12.9. The van der Waals surface area contributed by atoms with Gasteiger partial charge in [0, 0.05) is 37.1 Å². The number of aryl methyl sites for hydroxylation is 1. The monoisotopic (exact) mass is 503 g/mol. The molecule has 4 N–H and O–H groups in total. The van der Waals surface area contributed by atoms with Crippen LogP contribution in [0.3, 0.4) is 0 Å². The molecule has 7 heteroatoms. The average molecular weight is 504 g/mol. The van der Waals surface area contributed by atoms with Crippen molar-refractivity contribution in [3.8, 4) is 11.1 Å². The molecule has 7 nitrogen and oxygen atoms in total. The molecule has 4 rings (SSSR count). The van der Waals surface area contributed by atoms with Crippen LogP contribution in [0.15, 0.2) is 66.7 Å². The van der Waals surface area contributed by atoms with Gasteiger partial charge in [-0.3, -0.25) is 0 Å². The van der Waals surface area contributed by atoms with Gasteiger partial charge in [0.25, 0.3) is 0 Å². The first-order chi connectivity index (χ1) is 17.8. The first-order valence-electron chi connectivity index (χ1n) is 12.9. The van der Waals surface area contributed by atoms with Gasteiger partial charge >= 0.3 is 6.03 Å². The highest BCUT2D eigenvalue weighted by molar-refractivity contribution is 6.02. The predicted octanol–water partition coefficient (Wildman–Crippen LogP) is 5.93. The van der Waals surface area contributed by atoms with E-state index in [4.69, 9.17) is 4.74 Å². The van der Waals surface area contributed by atoms with Gasteiger partial charge in [0.2, 0.25) is 0 Å². The average Bonchev–Trinajstić information content (AvgIpc) is 2.89. The Morgan fingerprint density at radius 3 is 2.38 bits per heavy atom. The Kier molecular flexibility index (Phi) is 8.82. The Balaban J connectivity index is 1.73. The number of amides is 2. The molecular weight excluding hydrogens is 466 g/mol. The molecule has 37 heavy (non-hydrogen) atoms. The normalized spacial score (nSPS) is 14.1. The second-order valence-electron chi connectivity index (χ2n) is 10.0. The lowest BCUT2D eigenvalue weighted by molar-refractivity contribution is -0.0420. The molecule has 1 heterocycles. The zero-order valence-corrected chi connectivity index (χ0v) is 21.8. The Hall–Kier alpha value is -3.39. The molecule has 0 aromatic heterocycles. The fraction of sp³-hybridized carbons (Fsp3) is 0.367. The molecule has 3 aromatic carbocycles. The number of benzene rings is 3. The lowest BCUT2D eigenvalue weighted by Crippen LogP contribution is -2.42. The third kappa shape index (κ3) is 6.89. The van der Waals surface area contributed by atoms with Crippen molar-refractivity contribution >= 4 is 23.1 Å². The summed E-state index contributed by atoms with van der Waals surface area (Å²) in [6.45, 7) is 8.66. The Bertz CT molecular complexity index is 1190. The lowest BCUT2D eigenvalue weighted by atomic mass is 9.97. The molecule has 3 aromatic rings. The van der Waals surface area contributed by atoms with Gasteiger partial charge in [-0.1, -0.05) is 61.9 Å². The van der Waals surface area contributed by atoms with E-state index in [9.17, 15) is 15.0 Å². The van der Waals surface area contributed by atoms with E-state index >= 15 is 0 Å². The van der Waals surface area contributed by atoms with Crippen molar-refractivity contribution in [2.75, 3.05) is 35.3 Å². The van der Waals surface area contributed by atoms with Crippen LogP contribution in [0.2, 0.25) is 0 Å². The van der Waals surface area contributed by atoms with Crippen LogP contribution in [-0.2, 0) is 4.74 Å². The molecule has 0 unspecified atom stereocenters. The van der Waals surface area contributed by atoms with E-state index in [2.05, 4.69) is 29.4 Å². The number of hydrogen-bond acceptors (Lipinski definition) is 5. The largest absolute Gasteiger partial charge is 0.381 e. The maximum absolute atomic E-state index is 13.1.